The summed E-state index contributed by atoms with van der Waals surface area (Å²) in [7, 11) is 0. The van der Waals surface area contributed by atoms with Crippen molar-refractivity contribution < 1.29 is 9.53 Å². The summed E-state index contributed by atoms with van der Waals surface area (Å²) in [4.78, 5) is 11.7. The van der Waals surface area contributed by atoms with Gasteiger partial charge in [-0.3, -0.25) is 4.79 Å². The lowest BCUT2D eigenvalue weighted by atomic mass is 9.89. The molecule has 0 heterocycles. The molecule has 3 nitrogen and oxygen atoms in total. The van der Waals surface area contributed by atoms with Gasteiger partial charge < -0.3 is 10.1 Å². The summed E-state index contributed by atoms with van der Waals surface area (Å²) < 4.78 is 5.39. The summed E-state index contributed by atoms with van der Waals surface area (Å²) in [6, 6.07) is 7.02. The van der Waals surface area contributed by atoms with Crippen molar-refractivity contribution in [1.29, 1.82) is 0 Å². The Bertz CT molecular complexity index is 399. The maximum Gasteiger partial charge on any atom is 0.257 e. The smallest absolute Gasteiger partial charge is 0.257 e. The molecule has 0 saturated heterocycles. The topological polar surface area (TPSA) is 38.3 Å². The van der Waals surface area contributed by atoms with E-state index in [-0.39, 0.29) is 12.5 Å². The Morgan fingerprint density at radius 2 is 1.89 bits per heavy atom. The molecule has 1 aromatic rings. The van der Waals surface area contributed by atoms with Gasteiger partial charge in [-0.2, -0.15) is 0 Å². The Hall–Kier alpha value is -1.22. The fourth-order valence-corrected chi connectivity index (χ4v) is 2.51. The van der Waals surface area contributed by atoms with Crippen LogP contribution in [0.5, 0.6) is 5.75 Å². The number of benzene rings is 1. The van der Waals surface area contributed by atoms with Crippen molar-refractivity contribution in [1.82, 2.24) is 5.32 Å². The van der Waals surface area contributed by atoms with Crippen molar-refractivity contribution in [2.75, 3.05) is 13.2 Å². The van der Waals surface area contributed by atoms with Crippen molar-refractivity contribution in [3.05, 3.63) is 29.3 Å². The molecule has 2 rings (SSSR count). The third-order valence-electron chi connectivity index (χ3n) is 3.50. The van der Waals surface area contributed by atoms with Gasteiger partial charge in [0.2, 0.25) is 0 Å². The predicted molar refractivity (Wildman–Crippen MR) is 76.5 cm³/mol. The van der Waals surface area contributed by atoms with Gasteiger partial charge in [0, 0.05) is 11.6 Å². The van der Waals surface area contributed by atoms with Gasteiger partial charge in [0.05, 0.1) is 0 Å². The molecule has 0 aliphatic heterocycles. The minimum atomic E-state index is -0.0551. The second-order valence-corrected chi connectivity index (χ2v) is 5.49. The number of ether oxygens (including phenoxy) is 1. The lowest BCUT2D eigenvalue weighted by Crippen LogP contribution is -2.33. The standard InChI is InChI=1S/C15H20ClNO2/c16-13-6-8-14(9-7-13)19-11-15(18)17-10-12-4-2-1-3-5-12/h6-9,12H,1-5,10-11H2,(H,17,18). The Balaban J connectivity index is 1.65. The van der Waals surface area contributed by atoms with Crippen molar-refractivity contribution in [3.63, 3.8) is 0 Å². The predicted octanol–water partition coefficient (Wildman–Crippen LogP) is 3.42. The highest BCUT2D eigenvalue weighted by atomic mass is 35.5. The van der Waals surface area contributed by atoms with Crippen LogP contribution in [0.2, 0.25) is 5.02 Å². The zero-order chi connectivity index (χ0) is 13.5. The lowest BCUT2D eigenvalue weighted by Gasteiger charge is -2.21. The number of rotatable bonds is 5. The van der Waals surface area contributed by atoms with Crippen LogP contribution in [0.15, 0.2) is 24.3 Å². The Morgan fingerprint density at radius 3 is 2.58 bits per heavy atom. The molecule has 0 unspecified atom stereocenters. The van der Waals surface area contributed by atoms with E-state index in [1.807, 2.05) is 0 Å². The van der Waals surface area contributed by atoms with Gasteiger partial charge in [0.1, 0.15) is 5.75 Å². The van der Waals surface area contributed by atoms with E-state index in [0.29, 0.717) is 16.7 Å². The number of nitrogens with one attached hydrogen (secondary N) is 1. The van der Waals surface area contributed by atoms with Crippen LogP contribution < -0.4 is 10.1 Å². The summed E-state index contributed by atoms with van der Waals surface area (Å²) in [5, 5.41) is 3.61. The number of carbonyl (C=O) groups is 1. The minimum Gasteiger partial charge on any atom is -0.484 e. The van der Waals surface area contributed by atoms with Crippen molar-refractivity contribution in [2.24, 2.45) is 5.92 Å². The molecule has 0 bridgehead atoms. The number of hydrogen-bond donors (Lipinski definition) is 1. The number of hydrogen-bond acceptors (Lipinski definition) is 2. The van der Waals surface area contributed by atoms with Crippen LogP contribution in [0.1, 0.15) is 32.1 Å². The molecule has 0 atom stereocenters. The Kier molecular flexibility index (Phi) is 5.52. The van der Waals surface area contributed by atoms with E-state index in [9.17, 15) is 4.79 Å². The van der Waals surface area contributed by atoms with Crippen LogP contribution in [0, 0.1) is 5.92 Å². The Labute approximate surface area is 119 Å². The molecule has 19 heavy (non-hydrogen) atoms. The number of carbonyl (C=O) groups excluding carboxylic acids is 1. The average molecular weight is 282 g/mol. The second kappa shape index (κ2) is 7.39. The zero-order valence-electron chi connectivity index (χ0n) is 11.0. The summed E-state index contributed by atoms with van der Waals surface area (Å²) >= 11 is 5.78. The minimum absolute atomic E-state index is 0.0551. The molecule has 104 valence electrons. The van der Waals surface area contributed by atoms with Gasteiger partial charge in [-0.1, -0.05) is 30.9 Å². The quantitative estimate of drug-likeness (QED) is 0.898. The van der Waals surface area contributed by atoms with Crippen molar-refractivity contribution in [3.8, 4) is 5.75 Å². The van der Waals surface area contributed by atoms with E-state index < -0.39 is 0 Å². The van der Waals surface area contributed by atoms with Gasteiger partial charge in [-0.25, -0.2) is 0 Å². The lowest BCUT2D eigenvalue weighted by molar-refractivity contribution is -0.123. The van der Waals surface area contributed by atoms with Crippen LogP contribution >= 0.6 is 11.6 Å². The van der Waals surface area contributed by atoms with Gasteiger partial charge >= 0.3 is 0 Å². The first-order chi connectivity index (χ1) is 9.24. The van der Waals surface area contributed by atoms with Crippen molar-refractivity contribution in [2.45, 2.75) is 32.1 Å². The third kappa shape index (κ3) is 5.11. The van der Waals surface area contributed by atoms with Crippen molar-refractivity contribution >= 4 is 17.5 Å². The largest absolute Gasteiger partial charge is 0.484 e. The summed E-state index contributed by atoms with van der Waals surface area (Å²) in [5.74, 6) is 1.26. The molecular formula is C15H20ClNO2. The van der Waals surface area contributed by atoms with Crippen LogP contribution in [-0.4, -0.2) is 19.1 Å². The van der Waals surface area contributed by atoms with Crippen LogP contribution in [0.25, 0.3) is 0 Å². The highest BCUT2D eigenvalue weighted by Crippen LogP contribution is 2.22. The molecule has 1 fully saturated rings. The third-order valence-corrected chi connectivity index (χ3v) is 3.75. The summed E-state index contributed by atoms with van der Waals surface area (Å²) in [6.45, 7) is 0.844. The molecule has 1 amide bonds. The SMILES string of the molecule is O=C(COc1ccc(Cl)cc1)NCC1CCCCC1. The van der Waals surface area contributed by atoms with Gasteiger partial charge in [-0.15, -0.1) is 0 Å². The molecule has 4 heteroatoms. The fraction of sp³-hybridized carbons (Fsp3) is 0.533. The average Bonchev–Trinajstić information content (AvgIpc) is 2.45. The zero-order valence-corrected chi connectivity index (χ0v) is 11.8. The highest BCUT2D eigenvalue weighted by Gasteiger charge is 2.14. The monoisotopic (exact) mass is 281 g/mol. The molecular weight excluding hydrogens is 262 g/mol. The first-order valence-electron chi connectivity index (χ1n) is 6.89. The van der Waals surface area contributed by atoms with E-state index in [4.69, 9.17) is 16.3 Å². The van der Waals surface area contributed by atoms with E-state index in [1.165, 1.54) is 32.1 Å². The van der Waals surface area contributed by atoms with E-state index in [2.05, 4.69) is 5.32 Å². The number of halogens is 1. The summed E-state index contributed by atoms with van der Waals surface area (Å²) in [6.07, 6.45) is 6.39. The molecule has 1 aliphatic carbocycles. The van der Waals surface area contributed by atoms with Gasteiger partial charge in [0.15, 0.2) is 6.61 Å². The second-order valence-electron chi connectivity index (χ2n) is 5.05. The maximum atomic E-state index is 11.7. The first-order valence-corrected chi connectivity index (χ1v) is 7.27. The van der Waals surface area contributed by atoms with Crippen LogP contribution in [0.4, 0.5) is 0 Å². The van der Waals surface area contributed by atoms with E-state index >= 15 is 0 Å². The summed E-state index contributed by atoms with van der Waals surface area (Å²) in [5.41, 5.74) is 0. The number of amides is 1. The van der Waals surface area contributed by atoms with Crippen LogP contribution in [-0.2, 0) is 4.79 Å². The van der Waals surface area contributed by atoms with E-state index in [1.54, 1.807) is 24.3 Å². The van der Waals surface area contributed by atoms with E-state index in [0.717, 1.165) is 6.54 Å². The molecule has 1 saturated carbocycles. The normalized spacial score (nSPS) is 16.1. The molecule has 0 radical (unpaired) electrons. The van der Waals surface area contributed by atoms with Gasteiger partial charge in [0.25, 0.3) is 5.91 Å². The maximum absolute atomic E-state index is 11.7. The van der Waals surface area contributed by atoms with Crippen LogP contribution in [0.3, 0.4) is 0 Å². The molecule has 0 spiro atoms. The highest BCUT2D eigenvalue weighted by molar-refractivity contribution is 6.30. The molecule has 0 aromatic heterocycles. The van der Waals surface area contributed by atoms with Gasteiger partial charge in [-0.05, 0) is 43.0 Å². The molecule has 1 aliphatic rings. The Morgan fingerprint density at radius 1 is 1.21 bits per heavy atom. The molecule has 1 N–H and O–H groups in total. The fourth-order valence-electron chi connectivity index (χ4n) is 2.38. The first kappa shape index (κ1) is 14.2. The molecule has 1 aromatic carbocycles.